The summed E-state index contributed by atoms with van der Waals surface area (Å²) in [6.45, 7) is 6.16. The zero-order valence-corrected chi connectivity index (χ0v) is 14.1. The van der Waals surface area contributed by atoms with Crippen LogP contribution in [0.25, 0.3) is 0 Å². The Balaban J connectivity index is 2.74. The lowest BCUT2D eigenvalue weighted by Gasteiger charge is -2.21. The van der Waals surface area contributed by atoms with Gasteiger partial charge in [-0.15, -0.1) is 0 Å². The van der Waals surface area contributed by atoms with Gasteiger partial charge >= 0.3 is 0 Å². The summed E-state index contributed by atoms with van der Waals surface area (Å²) >= 11 is 0. The number of methoxy groups -OCH3 is 1. The molecule has 21 heavy (non-hydrogen) atoms. The van der Waals surface area contributed by atoms with Crippen LogP contribution in [0.5, 0.6) is 5.75 Å². The molecule has 0 saturated heterocycles. The van der Waals surface area contributed by atoms with Crippen molar-refractivity contribution in [1.82, 2.24) is 5.32 Å². The molecule has 0 radical (unpaired) electrons. The zero-order chi connectivity index (χ0) is 15.5. The van der Waals surface area contributed by atoms with Crippen molar-refractivity contribution in [3.8, 4) is 5.75 Å². The Morgan fingerprint density at radius 3 is 2.71 bits per heavy atom. The summed E-state index contributed by atoms with van der Waals surface area (Å²) in [4.78, 5) is 0. The van der Waals surface area contributed by atoms with Gasteiger partial charge in [0, 0.05) is 47.6 Å². The van der Waals surface area contributed by atoms with E-state index >= 15 is 0 Å². The molecule has 0 spiro atoms. The number of para-hydroxylation sites is 1. The highest BCUT2D eigenvalue weighted by atomic mass is 32.2. The molecule has 0 saturated carbocycles. The molecule has 0 heterocycles. The predicted octanol–water partition coefficient (Wildman–Crippen LogP) is 2.52. The lowest BCUT2D eigenvalue weighted by Crippen LogP contribution is -2.27. The number of nitrogens with one attached hydrogen (secondary N) is 1. The lowest BCUT2D eigenvalue weighted by atomic mass is 10.1. The van der Waals surface area contributed by atoms with Gasteiger partial charge in [0.25, 0.3) is 0 Å². The molecular formula is C16H27NO3S. The molecule has 1 aromatic rings. The second-order valence-electron chi connectivity index (χ2n) is 4.74. The maximum Gasteiger partial charge on any atom is 0.124 e. The quantitative estimate of drug-likeness (QED) is 0.638. The van der Waals surface area contributed by atoms with Crippen molar-refractivity contribution in [2.45, 2.75) is 26.3 Å². The largest absolute Gasteiger partial charge is 0.494 e. The summed E-state index contributed by atoms with van der Waals surface area (Å²) in [5.74, 6) is 2.15. The molecule has 1 N–H and O–H groups in total. The number of hydrogen-bond donors (Lipinski definition) is 1. The molecule has 2 atom stereocenters. The van der Waals surface area contributed by atoms with Gasteiger partial charge in [0.2, 0.25) is 0 Å². The minimum absolute atomic E-state index is 0.0566. The van der Waals surface area contributed by atoms with Crippen molar-refractivity contribution in [3.63, 3.8) is 0 Å². The Hall–Kier alpha value is -0.910. The minimum Gasteiger partial charge on any atom is -0.494 e. The van der Waals surface area contributed by atoms with Crippen molar-refractivity contribution in [2.24, 2.45) is 0 Å². The van der Waals surface area contributed by atoms with Gasteiger partial charge in [-0.1, -0.05) is 25.1 Å². The van der Waals surface area contributed by atoms with E-state index in [1.54, 1.807) is 7.11 Å². The van der Waals surface area contributed by atoms with E-state index in [0.717, 1.165) is 24.3 Å². The van der Waals surface area contributed by atoms with Gasteiger partial charge in [0.1, 0.15) is 5.75 Å². The van der Waals surface area contributed by atoms with Gasteiger partial charge in [-0.25, -0.2) is 0 Å². The summed E-state index contributed by atoms with van der Waals surface area (Å²) in [5.41, 5.74) is 1.08. The number of hydrogen-bond acceptors (Lipinski definition) is 4. The SMILES string of the molecule is CCNC(CS(=O)CCCOC)c1ccccc1OCC. The highest BCUT2D eigenvalue weighted by Crippen LogP contribution is 2.26. The van der Waals surface area contributed by atoms with Crippen LogP contribution in [0, 0.1) is 0 Å². The lowest BCUT2D eigenvalue weighted by molar-refractivity contribution is 0.200. The fourth-order valence-corrected chi connectivity index (χ4v) is 3.47. The van der Waals surface area contributed by atoms with Crippen molar-refractivity contribution in [2.75, 3.05) is 38.4 Å². The van der Waals surface area contributed by atoms with E-state index < -0.39 is 10.8 Å². The third-order valence-electron chi connectivity index (χ3n) is 3.12. The van der Waals surface area contributed by atoms with Crippen LogP contribution >= 0.6 is 0 Å². The number of ether oxygens (including phenoxy) is 2. The molecule has 0 bridgehead atoms. The first-order chi connectivity index (χ1) is 10.2. The normalized spacial score (nSPS) is 13.9. The molecule has 0 aliphatic rings. The fraction of sp³-hybridized carbons (Fsp3) is 0.625. The van der Waals surface area contributed by atoms with E-state index in [1.807, 2.05) is 31.2 Å². The highest BCUT2D eigenvalue weighted by molar-refractivity contribution is 7.85. The van der Waals surface area contributed by atoms with Crippen LogP contribution in [-0.4, -0.2) is 42.6 Å². The molecule has 0 aliphatic heterocycles. The summed E-state index contributed by atoms with van der Waals surface area (Å²) < 4.78 is 22.9. The average Bonchev–Trinajstić information content (AvgIpc) is 2.48. The van der Waals surface area contributed by atoms with E-state index in [-0.39, 0.29) is 6.04 Å². The van der Waals surface area contributed by atoms with Gasteiger partial charge in [-0.3, -0.25) is 4.21 Å². The first-order valence-electron chi connectivity index (χ1n) is 7.51. The Kier molecular flexibility index (Phi) is 9.30. The number of rotatable bonds is 11. The summed E-state index contributed by atoms with van der Waals surface area (Å²) in [5, 5.41) is 3.41. The Morgan fingerprint density at radius 2 is 2.05 bits per heavy atom. The van der Waals surface area contributed by atoms with Crippen molar-refractivity contribution >= 4 is 10.8 Å². The zero-order valence-electron chi connectivity index (χ0n) is 13.3. The molecule has 0 fully saturated rings. The molecule has 1 rings (SSSR count). The van der Waals surface area contributed by atoms with Gasteiger partial charge in [-0.05, 0) is 26.0 Å². The van der Waals surface area contributed by atoms with Crippen LogP contribution in [0.3, 0.4) is 0 Å². The first kappa shape index (κ1) is 18.1. The average molecular weight is 313 g/mol. The standard InChI is InChI=1S/C16H27NO3S/c1-4-17-15(13-21(18)12-8-11-19-3)14-9-6-7-10-16(14)20-5-2/h6-7,9-10,15,17H,4-5,8,11-13H2,1-3H3. The molecule has 5 heteroatoms. The molecule has 2 unspecified atom stereocenters. The van der Waals surface area contributed by atoms with Crippen molar-refractivity contribution in [1.29, 1.82) is 0 Å². The van der Waals surface area contributed by atoms with Gasteiger partial charge in [0.15, 0.2) is 0 Å². The Morgan fingerprint density at radius 1 is 1.29 bits per heavy atom. The van der Waals surface area contributed by atoms with E-state index in [1.165, 1.54) is 0 Å². The third-order valence-corrected chi connectivity index (χ3v) is 4.57. The van der Waals surface area contributed by atoms with E-state index in [2.05, 4.69) is 12.2 Å². The molecular weight excluding hydrogens is 286 g/mol. The fourth-order valence-electron chi connectivity index (χ4n) is 2.19. The first-order valence-corrected chi connectivity index (χ1v) is 9.00. The maximum atomic E-state index is 12.2. The molecule has 0 aromatic heterocycles. The monoisotopic (exact) mass is 313 g/mol. The predicted molar refractivity (Wildman–Crippen MR) is 88.4 cm³/mol. The Bertz CT molecular complexity index is 426. The van der Waals surface area contributed by atoms with Gasteiger partial charge < -0.3 is 14.8 Å². The second-order valence-corrected chi connectivity index (χ2v) is 6.36. The van der Waals surface area contributed by atoms with Crippen LogP contribution in [-0.2, 0) is 15.5 Å². The van der Waals surface area contributed by atoms with Crippen LogP contribution in [0.1, 0.15) is 31.9 Å². The molecule has 1 aromatic carbocycles. The smallest absolute Gasteiger partial charge is 0.124 e. The summed E-state index contributed by atoms with van der Waals surface area (Å²) in [6, 6.07) is 8.03. The topological polar surface area (TPSA) is 47.6 Å². The third kappa shape index (κ3) is 6.59. The van der Waals surface area contributed by atoms with Crippen LogP contribution in [0.4, 0.5) is 0 Å². The van der Waals surface area contributed by atoms with Crippen LogP contribution in [0.2, 0.25) is 0 Å². The van der Waals surface area contributed by atoms with Gasteiger partial charge in [-0.2, -0.15) is 0 Å². The molecule has 0 aliphatic carbocycles. The number of benzene rings is 1. The second kappa shape index (κ2) is 10.8. The minimum atomic E-state index is -0.864. The van der Waals surface area contributed by atoms with Crippen LogP contribution in [0.15, 0.2) is 24.3 Å². The van der Waals surface area contributed by atoms with Crippen molar-refractivity contribution in [3.05, 3.63) is 29.8 Å². The summed E-state index contributed by atoms with van der Waals surface area (Å²) in [7, 11) is 0.806. The highest BCUT2D eigenvalue weighted by Gasteiger charge is 2.17. The van der Waals surface area contributed by atoms with E-state index in [4.69, 9.17) is 9.47 Å². The van der Waals surface area contributed by atoms with E-state index in [9.17, 15) is 4.21 Å². The maximum absolute atomic E-state index is 12.2. The van der Waals surface area contributed by atoms with Crippen LogP contribution < -0.4 is 10.1 Å². The summed E-state index contributed by atoms with van der Waals surface area (Å²) in [6.07, 6.45) is 0.828. The van der Waals surface area contributed by atoms with Crippen molar-refractivity contribution < 1.29 is 13.7 Å². The van der Waals surface area contributed by atoms with E-state index in [0.29, 0.717) is 24.7 Å². The molecule has 0 amide bonds. The Labute approximate surface area is 130 Å². The molecule has 4 nitrogen and oxygen atoms in total. The molecule has 120 valence electrons. The van der Waals surface area contributed by atoms with Gasteiger partial charge in [0.05, 0.1) is 6.61 Å².